The molecule has 0 bridgehead atoms. The number of hydrogen-bond acceptors (Lipinski definition) is 0. The Kier molecular flexibility index (Phi) is 8.44. The van der Waals surface area contributed by atoms with Gasteiger partial charge in [0.25, 0.3) is 0 Å². The van der Waals surface area contributed by atoms with Gasteiger partial charge in [-0.2, -0.15) is 13.2 Å². The van der Waals surface area contributed by atoms with Crippen LogP contribution < -0.4 is 0 Å². The first-order valence-corrected chi connectivity index (χ1v) is 23.1. The molecule has 0 amide bonds. The minimum atomic E-state index is -4.64. The van der Waals surface area contributed by atoms with E-state index in [0.717, 1.165) is 98.6 Å². The maximum atomic E-state index is 15.2. The zero-order valence-corrected chi connectivity index (χ0v) is 37.2. The number of rotatable bonds is 5. The molecule has 0 N–H and O–H groups in total. The highest BCUT2D eigenvalue weighted by atomic mass is 19.4. The molecule has 8 heteroatoms. The predicted octanol–water partition coefficient (Wildman–Crippen LogP) is 17.3. The first kappa shape index (κ1) is 39.8. The normalized spacial score (nSPS) is 12.2. The lowest BCUT2D eigenvalue weighted by molar-refractivity contribution is -0.137. The lowest BCUT2D eigenvalue weighted by Crippen LogP contribution is -2.08. The monoisotopic (exact) mass is 907 g/mol. The van der Waals surface area contributed by atoms with Crippen molar-refractivity contribution in [2.45, 2.75) is 6.18 Å². The van der Waals surface area contributed by atoms with Gasteiger partial charge in [0.2, 0.25) is 0 Å². The van der Waals surface area contributed by atoms with Crippen molar-refractivity contribution < 1.29 is 13.2 Å². The average Bonchev–Trinajstić information content (AvgIpc) is 4.13. The molecule has 0 radical (unpaired) electrons. The van der Waals surface area contributed by atoms with E-state index in [1.54, 1.807) is 12.1 Å². The van der Waals surface area contributed by atoms with Crippen molar-refractivity contribution in [3.8, 4) is 33.9 Å². The maximum absolute atomic E-state index is 15.2. The molecule has 14 rings (SSSR count). The van der Waals surface area contributed by atoms with Crippen LogP contribution >= 0.6 is 0 Å². The SMILES string of the molecule is [C-]#[N+]c1ccc(-c2cc(C(F)(F)F)ccc2-n2c3ccccc3c3c2ccc2c4ccccc4n(-c4ccccc4)c23)c(-n2c3ccccc3c3c2ccc2c4ccccc4n(-c4ccccc4)c23)c1. The van der Waals surface area contributed by atoms with E-state index in [2.05, 4.69) is 138 Å². The molecule has 330 valence electrons. The van der Waals surface area contributed by atoms with Crippen LogP contribution in [0, 0.1) is 6.57 Å². The van der Waals surface area contributed by atoms with Gasteiger partial charge in [0, 0.05) is 71.3 Å². The lowest BCUT2D eigenvalue weighted by atomic mass is 9.97. The van der Waals surface area contributed by atoms with Gasteiger partial charge in [0.05, 0.1) is 62.0 Å². The van der Waals surface area contributed by atoms with Gasteiger partial charge in [-0.15, -0.1) is 0 Å². The van der Waals surface area contributed by atoms with Gasteiger partial charge < -0.3 is 18.3 Å². The Bertz CT molecular complexity index is 4520. The van der Waals surface area contributed by atoms with Crippen LogP contribution in [0.5, 0.6) is 0 Å². The summed E-state index contributed by atoms with van der Waals surface area (Å²) in [6.07, 6.45) is -4.64. The number of fused-ring (bicyclic) bond motifs is 14. The summed E-state index contributed by atoms with van der Waals surface area (Å²) in [6.45, 7) is 8.26. The number of para-hydroxylation sites is 6. The van der Waals surface area contributed by atoms with Crippen LogP contribution in [-0.2, 0) is 6.18 Å². The van der Waals surface area contributed by atoms with Gasteiger partial charge in [0.15, 0.2) is 5.69 Å². The molecule has 14 aromatic rings. The quantitative estimate of drug-likeness (QED) is 0.154. The third-order valence-corrected chi connectivity index (χ3v) is 14.2. The molecular weight excluding hydrogens is 872 g/mol. The van der Waals surface area contributed by atoms with Gasteiger partial charge in [-0.05, 0) is 84.9 Å². The Morgan fingerprint density at radius 2 is 0.786 bits per heavy atom. The van der Waals surface area contributed by atoms with Crippen LogP contribution in [0.25, 0.3) is 126 Å². The highest BCUT2D eigenvalue weighted by Crippen LogP contribution is 2.48. The smallest absolute Gasteiger partial charge is 0.310 e. The molecule has 0 fully saturated rings. The van der Waals surface area contributed by atoms with Crippen LogP contribution in [0.1, 0.15) is 5.56 Å². The largest absolute Gasteiger partial charge is 0.416 e. The van der Waals surface area contributed by atoms with Crippen molar-refractivity contribution >= 4 is 92.9 Å². The summed E-state index contributed by atoms with van der Waals surface area (Å²) >= 11 is 0. The second kappa shape index (κ2) is 14.8. The first-order chi connectivity index (χ1) is 34.4. The number of aromatic nitrogens is 4. The highest BCUT2D eigenvalue weighted by molar-refractivity contribution is 6.28. The third kappa shape index (κ3) is 5.60. The van der Waals surface area contributed by atoms with Crippen molar-refractivity contribution in [1.82, 2.24) is 18.3 Å². The number of alkyl halides is 3. The summed E-state index contributed by atoms with van der Waals surface area (Å²) in [4.78, 5) is 3.90. The molecule has 0 saturated heterocycles. The highest BCUT2D eigenvalue weighted by Gasteiger charge is 2.33. The molecule has 0 saturated carbocycles. The van der Waals surface area contributed by atoms with Crippen LogP contribution in [0.3, 0.4) is 0 Å². The minimum absolute atomic E-state index is 0.366. The standard InChI is InChI=1S/C62H36F3N5/c1-66-39-29-30-44(57(37-39)70-53-27-15-11-23-48(53)59-56(70)35-32-46-43-21-9-13-25-51(43)68(61(46)59)41-18-6-3-7-19-41)49-36-38(62(63,64)65)28-33-54(49)69-52-26-14-10-22-47(52)58-55(69)34-31-45-42-20-8-12-24-50(42)67(60(45)58)40-16-4-2-5-17-40/h2-37H. The van der Waals surface area contributed by atoms with E-state index < -0.39 is 11.7 Å². The van der Waals surface area contributed by atoms with Gasteiger partial charge in [0.1, 0.15) is 0 Å². The molecule has 0 unspecified atom stereocenters. The number of benzene rings is 10. The van der Waals surface area contributed by atoms with E-state index in [4.69, 9.17) is 6.57 Å². The van der Waals surface area contributed by atoms with Crippen molar-refractivity contribution in [1.29, 1.82) is 0 Å². The van der Waals surface area contributed by atoms with Crippen LogP contribution in [0.15, 0.2) is 218 Å². The fourth-order valence-corrected chi connectivity index (χ4v) is 11.4. The zero-order chi connectivity index (χ0) is 46.8. The topological polar surface area (TPSA) is 24.1 Å². The minimum Gasteiger partial charge on any atom is -0.310 e. The predicted molar refractivity (Wildman–Crippen MR) is 280 cm³/mol. The summed E-state index contributed by atoms with van der Waals surface area (Å²) in [5.74, 6) is 0. The van der Waals surface area contributed by atoms with E-state index in [1.807, 2.05) is 78.9 Å². The molecule has 70 heavy (non-hydrogen) atoms. The molecule has 4 aromatic heterocycles. The number of hydrogen-bond donors (Lipinski definition) is 0. The van der Waals surface area contributed by atoms with Crippen molar-refractivity contribution in [2.24, 2.45) is 0 Å². The van der Waals surface area contributed by atoms with Crippen molar-refractivity contribution in [3.05, 3.63) is 235 Å². The molecule has 5 nitrogen and oxygen atoms in total. The Balaban J connectivity index is 1.11. The zero-order valence-electron chi connectivity index (χ0n) is 37.2. The van der Waals surface area contributed by atoms with Crippen molar-refractivity contribution in [2.75, 3.05) is 0 Å². The second-order valence-corrected chi connectivity index (χ2v) is 17.8. The molecule has 0 atom stereocenters. The average molecular weight is 908 g/mol. The summed E-state index contributed by atoms with van der Waals surface area (Å²) in [6, 6.07) is 71.7. The summed E-state index contributed by atoms with van der Waals surface area (Å²) in [5.41, 5.74) is 11.3. The van der Waals surface area contributed by atoms with Crippen LogP contribution in [0.2, 0.25) is 0 Å². The van der Waals surface area contributed by atoms with Gasteiger partial charge in [-0.25, -0.2) is 4.85 Å². The molecular formula is C62H36F3N5. The molecule has 0 aliphatic carbocycles. The van der Waals surface area contributed by atoms with E-state index in [9.17, 15) is 0 Å². The maximum Gasteiger partial charge on any atom is 0.416 e. The van der Waals surface area contributed by atoms with Gasteiger partial charge in [-0.3, -0.25) is 0 Å². The summed E-state index contributed by atoms with van der Waals surface area (Å²) in [5, 5.41) is 8.30. The molecule has 0 aliphatic rings. The lowest BCUT2D eigenvalue weighted by Gasteiger charge is -2.20. The Morgan fingerprint density at radius 3 is 1.27 bits per heavy atom. The van der Waals surface area contributed by atoms with Gasteiger partial charge in [-0.1, -0.05) is 133 Å². The first-order valence-electron chi connectivity index (χ1n) is 23.1. The van der Waals surface area contributed by atoms with Crippen molar-refractivity contribution in [3.63, 3.8) is 0 Å². The fraction of sp³-hybridized carbons (Fsp3) is 0.0161. The van der Waals surface area contributed by atoms with E-state index in [1.165, 1.54) is 12.1 Å². The van der Waals surface area contributed by atoms with Crippen LogP contribution in [-0.4, -0.2) is 18.3 Å². The molecule has 0 aliphatic heterocycles. The summed E-state index contributed by atoms with van der Waals surface area (Å²) < 4.78 is 54.5. The molecule has 0 spiro atoms. The number of nitrogens with zero attached hydrogens (tertiary/aromatic N) is 5. The Morgan fingerprint density at radius 1 is 0.343 bits per heavy atom. The van der Waals surface area contributed by atoms with E-state index in [-0.39, 0.29) is 0 Å². The molecule has 10 aromatic carbocycles. The Hall–Kier alpha value is -9.32. The van der Waals surface area contributed by atoms with E-state index >= 15 is 13.2 Å². The Labute approximate surface area is 398 Å². The second-order valence-electron chi connectivity index (χ2n) is 17.8. The van der Waals surface area contributed by atoms with Gasteiger partial charge >= 0.3 is 6.18 Å². The number of halogens is 3. The summed E-state index contributed by atoms with van der Waals surface area (Å²) in [7, 11) is 0. The third-order valence-electron chi connectivity index (χ3n) is 14.2. The van der Waals surface area contributed by atoms with Crippen LogP contribution in [0.4, 0.5) is 18.9 Å². The van der Waals surface area contributed by atoms with E-state index in [0.29, 0.717) is 28.2 Å². The fourth-order valence-electron chi connectivity index (χ4n) is 11.4. The molecule has 4 heterocycles.